The Hall–Kier alpha value is -5.90. The molecule has 4 heterocycles. The van der Waals surface area contributed by atoms with E-state index in [0.717, 1.165) is 23.3 Å². The van der Waals surface area contributed by atoms with Gasteiger partial charge in [0.15, 0.2) is 0 Å². The monoisotopic (exact) mass is 1060 g/mol. The van der Waals surface area contributed by atoms with E-state index in [-0.39, 0.29) is 105 Å². The number of aromatic nitrogens is 3. The fourth-order valence-electron chi connectivity index (χ4n) is 11.6. The second kappa shape index (κ2) is 27.9. The maximum atomic E-state index is 14.7. The number of hydrogen-bond donors (Lipinski definition) is 2. The van der Waals surface area contributed by atoms with Crippen LogP contribution in [0.5, 0.6) is 0 Å². The number of imide groups is 1. The van der Waals surface area contributed by atoms with E-state index in [4.69, 9.17) is 18.9 Å². The number of rotatable bonds is 31. The molecule has 11 atom stereocenters. The number of nitrogens with one attached hydrogen (secondary N) is 1. The summed E-state index contributed by atoms with van der Waals surface area (Å²) in [6.45, 7) is 11.3. The number of likely N-dealkylation sites (tertiary alicyclic amines) is 2. The fraction of sp³-hybridized carbons (Fsp3) is 0.673. The van der Waals surface area contributed by atoms with Gasteiger partial charge in [-0.05, 0) is 61.8 Å². The van der Waals surface area contributed by atoms with Gasteiger partial charge in [-0.2, -0.15) is 0 Å². The lowest BCUT2D eigenvalue weighted by Crippen LogP contribution is -2.60. The van der Waals surface area contributed by atoms with Crippen molar-refractivity contribution in [1.82, 2.24) is 39.9 Å². The highest BCUT2D eigenvalue weighted by Gasteiger charge is 2.52. The van der Waals surface area contributed by atoms with Crippen LogP contribution < -0.4 is 5.32 Å². The molecular weight excluding hydrogens is 981 g/mol. The molecule has 3 fully saturated rings. The number of hydrogen-bond acceptors (Lipinski definition) is 14. The van der Waals surface area contributed by atoms with E-state index in [1.807, 2.05) is 58.0 Å². The molecule has 0 unspecified atom stereocenters. The minimum atomic E-state index is -1.05. The molecule has 1 saturated carbocycles. The molecule has 76 heavy (non-hydrogen) atoms. The molecule has 6 amide bonds. The van der Waals surface area contributed by atoms with Crippen LogP contribution in [0.2, 0.25) is 0 Å². The number of carbonyl (C=O) groups excluding carboxylic acids is 7. The van der Waals surface area contributed by atoms with Crippen molar-refractivity contribution in [3.05, 3.63) is 59.9 Å². The standard InChI is InChI=1S/C55H80N8O13/c1-9-35(4)50(44(73-7)31-48(68)61-22-13-16-42(61)52(74-8)36(5)43(64)30-39(55(71)72)28-37-14-11-10-12-15-37)59(6)54(70)49(34(2)3)56-53(69)51-38-17-18-41(29-38)63(51)47(67)21-24-75-26-27-76-25-23-60-32-40(57-58-60)33-62-45(65)19-20-46(62)66/h10-12,14-15,19-20,32,34-36,38-39,41-42,44,49-52H,9,13,16-18,21-31,33H2,1-8H3,(H,56,69)(H,71,72)/t35-,36-,38-,39+,41-,42-,44+,49-,50-,51-,52+/m0/s1. The number of ether oxygens (including phenoxy) is 4. The summed E-state index contributed by atoms with van der Waals surface area (Å²) in [5.41, 5.74) is 1.30. The maximum Gasteiger partial charge on any atom is 0.307 e. The second-order valence-corrected chi connectivity index (χ2v) is 21.2. The van der Waals surface area contributed by atoms with Crippen molar-refractivity contribution in [1.29, 1.82) is 0 Å². The van der Waals surface area contributed by atoms with Crippen molar-refractivity contribution in [3.8, 4) is 0 Å². The van der Waals surface area contributed by atoms with Crippen molar-refractivity contribution >= 4 is 47.2 Å². The molecular formula is C55H80N8O13. The largest absolute Gasteiger partial charge is 0.481 e. The Labute approximate surface area is 446 Å². The average Bonchev–Trinajstić information content (AvgIpc) is 4.28. The Morgan fingerprint density at radius 3 is 2.22 bits per heavy atom. The Balaban J connectivity index is 1.00. The van der Waals surface area contributed by atoms with Crippen molar-refractivity contribution in [2.75, 3.05) is 54.2 Å². The van der Waals surface area contributed by atoms with E-state index in [2.05, 4.69) is 15.6 Å². The zero-order chi connectivity index (χ0) is 55.2. The topological polar surface area (TPSA) is 249 Å². The lowest BCUT2D eigenvalue weighted by atomic mass is 9.85. The van der Waals surface area contributed by atoms with Crippen LogP contribution in [0.3, 0.4) is 0 Å². The SMILES string of the molecule is CC[C@H](C)[C@@H]([C@@H](CC(=O)N1CCC[C@H]1[C@H](OC)[C@@H](C)C(=O)C[C@@H](Cc1ccccc1)C(=O)O)OC)N(C)C(=O)[C@@H](NC(=O)[C@@H]1[C@H]2CC[C@@H](C2)N1C(=O)CCOCCOCCn1cc(CN2C(=O)C=CC2=O)nn1)C(C)C. The molecule has 0 spiro atoms. The third-order valence-corrected chi connectivity index (χ3v) is 16.0. The summed E-state index contributed by atoms with van der Waals surface area (Å²) in [4.78, 5) is 113. The normalized spacial score (nSPS) is 21.9. The first-order valence-corrected chi connectivity index (χ1v) is 27.0. The van der Waals surface area contributed by atoms with Gasteiger partial charge in [-0.1, -0.05) is 76.6 Å². The number of benzene rings is 1. The number of piperidine rings is 1. The Bertz CT molecular complexity index is 2340. The first-order chi connectivity index (χ1) is 36.4. The predicted molar refractivity (Wildman–Crippen MR) is 277 cm³/mol. The summed E-state index contributed by atoms with van der Waals surface area (Å²) in [6, 6.07) is 6.44. The van der Waals surface area contributed by atoms with Gasteiger partial charge >= 0.3 is 5.97 Å². The molecule has 1 aromatic carbocycles. The highest BCUT2D eigenvalue weighted by molar-refractivity contribution is 6.12. The number of aliphatic carboxylic acids is 1. The van der Waals surface area contributed by atoms with Crippen molar-refractivity contribution in [2.45, 2.75) is 154 Å². The number of nitrogens with zero attached hydrogens (tertiary/aromatic N) is 7. The summed E-state index contributed by atoms with van der Waals surface area (Å²) in [7, 11) is 4.71. The average molecular weight is 1060 g/mol. The van der Waals surface area contributed by atoms with Gasteiger partial charge < -0.3 is 44.1 Å². The van der Waals surface area contributed by atoms with E-state index < -0.39 is 66.0 Å². The van der Waals surface area contributed by atoms with Gasteiger partial charge in [0.25, 0.3) is 11.8 Å². The van der Waals surface area contributed by atoms with Gasteiger partial charge in [-0.15, -0.1) is 5.10 Å². The van der Waals surface area contributed by atoms with Gasteiger partial charge in [-0.3, -0.25) is 43.3 Å². The number of ketones is 1. The minimum Gasteiger partial charge on any atom is -0.481 e. The summed E-state index contributed by atoms with van der Waals surface area (Å²) in [5.74, 6) is -5.31. The van der Waals surface area contributed by atoms with Gasteiger partial charge in [0.05, 0.1) is 88.8 Å². The third kappa shape index (κ3) is 14.8. The van der Waals surface area contributed by atoms with Crippen LogP contribution in [0.4, 0.5) is 0 Å². The zero-order valence-electron chi connectivity index (χ0n) is 45.5. The summed E-state index contributed by atoms with van der Waals surface area (Å²) in [6.07, 6.45) is 6.95. The van der Waals surface area contributed by atoms with Crippen LogP contribution in [0.15, 0.2) is 48.7 Å². The quantitative estimate of drug-likeness (QED) is 0.0811. The molecule has 2 N–H and O–H groups in total. The second-order valence-electron chi connectivity index (χ2n) is 21.2. The number of methoxy groups -OCH3 is 2. The number of fused-ring (bicyclic) bond motifs is 2. The number of carbonyl (C=O) groups is 8. The first kappa shape index (κ1) is 59.3. The molecule has 0 radical (unpaired) electrons. The lowest BCUT2D eigenvalue weighted by molar-refractivity contribution is -0.149. The molecule has 418 valence electrons. The molecule has 21 nitrogen and oxygen atoms in total. The van der Waals surface area contributed by atoms with E-state index in [1.165, 1.54) is 26.4 Å². The molecule has 6 rings (SSSR count). The van der Waals surface area contributed by atoms with Crippen LogP contribution in [-0.2, 0) is 76.8 Å². The summed E-state index contributed by atoms with van der Waals surface area (Å²) in [5, 5.41) is 21.1. The van der Waals surface area contributed by atoms with E-state index >= 15 is 0 Å². The minimum absolute atomic E-state index is 0.0315. The molecule has 2 saturated heterocycles. The fourth-order valence-corrected chi connectivity index (χ4v) is 11.6. The number of likely N-dealkylation sites (N-methyl/N-ethyl adjacent to an activating group) is 1. The third-order valence-electron chi connectivity index (χ3n) is 16.0. The van der Waals surface area contributed by atoms with Gasteiger partial charge in [0.2, 0.25) is 23.6 Å². The van der Waals surface area contributed by atoms with E-state index in [0.29, 0.717) is 51.1 Å². The van der Waals surface area contributed by atoms with Crippen LogP contribution in [0.25, 0.3) is 0 Å². The van der Waals surface area contributed by atoms with Gasteiger partial charge in [0.1, 0.15) is 23.6 Å². The molecule has 4 aliphatic rings. The van der Waals surface area contributed by atoms with Gasteiger partial charge in [0, 0.05) is 58.3 Å². The van der Waals surface area contributed by atoms with E-state index in [1.54, 1.807) is 39.5 Å². The van der Waals surface area contributed by atoms with Crippen LogP contribution in [0, 0.1) is 29.6 Å². The Kier molecular flexibility index (Phi) is 21.8. The molecule has 21 heteroatoms. The smallest absolute Gasteiger partial charge is 0.307 e. The van der Waals surface area contributed by atoms with Crippen molar-refractivity contribution < 1.29 is 62.4 Å². The molecule has 3 aliphatic heterocycles. The number of Topliss-reactive ketones (excluding diaryl/α,β-unsaturated/α-hetero) is 1. The number of carboxylic acids is 1. The van der Waals surface area contributed by atoms with Gasteiger partial charge in [-0.25, -0.2) is 4.68 Å². The summed E-state index contributed by atoms with van der Waals surface area (Å²) < 4.78 is 25.0. The maximum absolute atomic E-state index is 14.7. The molecule has 2 aromatic rings. The summed E-state index contributed by atoms with van der Waals surface area (Å²) >= 11 is 0. The number of amides is 6. The van der Waals surface area contributed by atoms with Crippen molar-refractivity contribution in [2.24, 2.45) is 29.6 Å². The first-order valence-electron chi connectivity index (χ1n) is 27.0. The van der Waals surface area contributed by atoms with E-state index in [9.17, 15) is 43.5 Å². The van der Waals surface area contributed by atoms with Crippen LogP contribution in [-0.4, -0.2) is 184 Å². The molecule has 1 aromatic heterocycles. The lowest BCUT2D eigenvalue weighted by Gasteiger charge is -2.41. The van der Waals surface area contributed by atoms with Crippen LogP contribution in [0.1, 0.15) is 104 Å². The zero-order valence-corrected chi connectivity index (χ0v) is 45.5. The Morgan fingerprint density at radius 1 is 0.882 bits per heavy atom. The van der Waals surface area contributed by atoms with Crippen LogP contribution >= 0.6 is 0 Å². The molecule has 1 aliphatic carbocycles. The molecule has 2 bridgehead atoms. The van der Waals surface area contributed by atoms with Crippen molar-refractivity contribution in [3.63, 3.8) is 0 Å². The number of carboxylic acid groups (broad SMARTS) is 1. The predicted octanol–water partition coefficient (Wildman–Crippen LogP) is 3.47. The highest BCUT2D eigenvalue weighted by Crippen LogP contribution is 2.43. The highest BCUT2D eigenvalue weighted by atomic mass is 16.5. The Morgan fingerprint density at radius 2 is 1.58 bits per heavy atom.